The van der Waals surface area contributed by atoms with E-state index in [0.717, 1.165) is 5.56 Å². The third-order valence-electron chi connectivity index (χ3n) is 1.58. The Balaban J connectivity index is 3.05. The molecular weight excluding hydrogens is 161 g/mol. The Hall–Kier alpha value is -1.58. The summed E-state index contributed by atoms with van der Waals surface area (Å²) in [6.07, 6.45) is 0. The predicted octanol–water partition coefficient (Wildman–Crippen LogP) is 1.62. The van der Waals surface area contributed by atoms with Crippen LogP contribution in [0.25, 0.3) is 0 Å². The second-order valence-corrected chi connectivity index (χ2v) is 2.44. The molecular formula is C8H8FNO2. The molecule has 0 saturated heterocycles. The number of hydrogen-bond acceptors (Lipinski definition) is 3. The number of carbonyl (C=O) groups excluding carboxylic acids is 1. The Morgan fingerprint density at radius 2 is 2.25 bits per heavy atom. The summed E-state index contributed by atoms with van der Waals surface area (Å²) in [5.74, 6) is -1.00. The first-order valence-electron chi connectivity index (χ1n) is 3.34. The highest BCUT2D eigenvalue weighted by atomic mass is 19.3. The number of hydrogen-bond donors (Lipinski definition) is 1. The smallest absolute Gasteiger partial charge is 0.379 e. The van der Waals surface area contributed by atoms with E-state index in [1.807, 2.05) is 0 Å². The van der Waals surface area contributed by atoms with Crippen LogP contribution in [-0.2, 0) is 4.94 Å². The van der Waals surface area contributed by atoms with Crippen molar-refractivity contribution in [2.75, 3.05) is 5.73 Å². The summed E-state index contributed by atoms with van der Waals surface area (Å²) in [4.78, 5) is 13.7. The quantitative estimate of drug-likeness (QED) is 0.650. The Morgan fingerprint density at radius 3 is 2.75 bits per heavy atom. The second-order valence-electron chi connectivity index (χ2n) is 2.44. The van der Waals surface area contributed by atoms with Gasteiger partial charge in [-0.25, -0.2) is 9.74 Å². The lowest BCUT2D eigenvalue weighted by molar-refractivity contribution is -0.0788. The van der Waals surface area contributed by atoms with Crippen LogP contribution >= 0.6 is 0 Å². The average molecular weight is 169 g/mol. The number of carbonyl (C=O) groups is 1. The average Bonchev–Trinajstić information content (AvgIpc) is 2.08. The first-order valence-corrected chi connectivity index (χ1v) is 3.34. The van der Waals surface area contributed by atoms with Gasteiger partial charge in [0.1, 0.15) is 0 Å². The molecule has 0 unspecified atom stereocenters. The molecule has 12 heavy (non-hydrogen) atoms. The number of aryl methyl sites for hydroxylation is 1. The Bertz CT molecular complexity index is 312. The van der Waals surface area contributed by atoms with Crippen molar-refractivity contribution in [2.45, 2.75) is 6.92 Å². The molecule has 1 aromatic rings. The summed E-state index contributed by atoms with van der Waals surface area (Å²) >= 11 is 0. The Kier molecular flexibility index (Phi) is 2.28. The molecule has 0 aromatic heterocycles. The molecule has 0 heterocycles. The van der Waals surface area contributed by atoms with Gasteiger partial charge >= 0.3 is 5.97 Å². The molecule has 0 atom stereocenters. The van der Waals surface area contributed by atoms with Crippen LogP contribution in [0, 0.1) is 6.92 Å². The monoisotopic (exact) mass is 169 g/mol. The Labute approximate surface area is 68.8 Å². The van der Waals surface area contributed by atoms with Crippen LogP contribution in [0.1, 0.15) is 15.9 Å². The Morgan fingerprint density at radius 1 is 1.58 bits per heavy atom. The highest BCUT2D eigenvalue weighted by molar-refractivity contribution is 5.89. The summed E-state index contributed by atoms with van der Waals surface area (Å²) in [5, 5.41) is 0. The van der Waals surface area contributed by atoms with Crippen LogP contribution in [0.4, 0.5) is 10.2 Å². The first kappa shape index (κ1) is 8.52. The van der Waals surface area contributed by atoms with Crippen LogP contribution in [0.3, 0.4) is 0 Å². The van der Waals surface area contributed by atoms with Crippen molar-refractivity contribution in [3.63, 3.8) is 0 Å². The van der Waals surface area contributed by atoms with E-state index in [2.05, 4.69) is 4.94 Å². The van der Waals surface area contributed by atoms with Gasteiger partial charge in [-0.3, -0.25) is 0 Å². The van der Waals surface area contributed by atoms with Crippen LogP contribution in [0.15, 0.2) is 18.2 Å². The third kappa shape index (κ3) is 1.53. The fourth-order valence-corrected chi connectivity index (χ4v) is 0.847. The SMILES string of the molecule is Cc1cc(C(=O)OF)ccc1N. The predicted molar refractivity (Wildman–Crippen MR) is 42.1 cm³/mol. The number of benzene rings is 1. The molecule has 0 aliphatic heterocycles. The summed E-state index contributed by atoms with van der Waals surface area (Å²) in [6, 6.07) is 4.41. The van der Waals surface area contributed by atoms with E-state index >= 15 is 0 Å². The zero-order valence-corrected chi connectivity index (χ0v) is 6.50. The summed E-state index contributed by atoms with van der Waals surface area (Å²) in [6.45, 7) is 1.73. The van der Waals surface area contributed by atoms with Crippen LogP contribution in [0.5, 0.6) is 0 Å². The topological polar surface area (TPSA) is 52.3 Å². The van der Waals surface area contributed by atoms with E-state index in [0.29, 0.717) is 5.69 Å². The number of rotatable bonds is 1. The summed E-state index contributed by atoms with van der Waals surface area (Å²) in [7, 11) is 0. The van der Waals surface area contributed by atoms with Gasteiger partial charge in [0, 0.05) is 10.2 Å². The van der Waals surface area contributed by atoms with E-state index in [1.54, 1.807) is 6.92 Å². The maximum Gasteiger partial charge on any atom is 0.379 e. The van der Waals surface area contributed by atoms with Gasteiger partial charge in [0.05, 0.1) is 5.56 Å². The molecule has 0 bridgehead atoms. The van der Waals surface area contributed by atoms with Crippen LogP contribution in [0.2, 0.25) is 0 Å². The summed E-state index contributed by atoms with van der Waals surface area (Å²) < 4.78 is 11.4. The maximum absolute atomic E-state index is 11.4. The van der Waals surface area contributed by atoms with Gasteiger partial charge in [-0.05, 0) is 30.7 Å². The molecule has 0 saturated carbocycles. The fourth-order valence-electron chi connectivity index (χ4n) is 0.847. The van der Waals surface area contributed by atoms with E-state index < -0.39 is 5.97 Å². The van der Waals surface area contributed by atoms with Gasteiger partial charge in [-0.2, -0.15) is 0 Å². The first-order chi connectivity index (χ1) is 5.65. The molecule has 3 nitrogen and oxygen atoms in total. The molecule has 0 amide bonds. The van der Waals surface area contributed by atoms with Gasteiger partial charge in [-0.1, -0.05) is 0 Å². The van der Waals surface area contributed by atoms with Gasteiger partial charge < -0.3 is 5.73 Å². The molecule has 4 heteroatoms. The van der Waals surface area contributed by atoms with E-state index in [-0.39, 0.29) is 5.56 Å². The highest BCUT2D eigenvalue weighted by Crippen LogP contribution is 2.13. The minimum absolute atomic E-state index is 0.157. The second kappa shape index (κ2) is 3.21. The minimum Gasteiger partial charge on any atom is -0.399 e. The molecule has 0 aliphatic carbocycles. The molecule has 1 rings (SSSR count). The van der Waals surface area contributed by atoms with E-state index in [9.17, 15) is 9.32 Å². The fraction of sp³-hybridized carbons (Fsp3) is 0.125. The van der Waals surface area contributed by atoms with Gasteiger partial charge in [0.2, 0.25) is 0 Å². The van der Waals surface area contributed by atoms with Crippen molar-refractivity contribution in [1.29, 1.82) is 0 Å². The normalized spacial score (nSPS) is 9.50. The van der Waals surface area contributed by atoms with Crippen molar-refractivity contribution in [3.8, 4) is 0 Å². The zero-order chi connectivity index (χ0) is 9.14. The number of anilines is 1. The minimum atomic E-state index is -1.00. The summed E-state index contributed by atoms with van der Waals surface area (Å²) in [5.41, 5.74) is 6.92. The maximum atomic E-state index is 11.4. The number of halogens is 1. The molecule has 2 N–H and O–H groups in total. The van der Waals surface area contributed by atoms with Gasteiger partial charge in [0.15, 0.2) is 0 Å². The molecule has 0 spiro atoms. The molecule has 0 aliphatic rings. The lowest BCUT2D eigenvalue weighted by atomic mass is 10.1. The van der Waals surface area contributed by atoms with Crippen LogP contribution < -0.4 is 5.73 Å². The van der Waals surface area contributed by atoms with Gasteiger partial charge in [-0.15, -0.1) is 0 Å². The standard InChI is InChI=1S/C8H8FNO2/c1-5-4-6(8(11)12-9)2-3-7(5)10/h2-4H,10H2,1H3. The van der Waals surface area contributed by atoms with Crippen molar-refractivity contribution >= 4 is 11.7 Å². The third-order valence-corrected chi connectivity index (χ3v) is 1.58. The molecule has 0 fully saturated rings. The molecule has 0 radical (unpaired) electrons. The van der Waals surface area contributed by atoms with Crippen molar-refractivity contribution < 1.29 is 14.3 Å². The molecule has 64 valence electrons. The van der Waals surface area contributed by atoms with Gasteiger partial charge in [0.25, 0.3) is 0 Å². The highest BCUT2D eigenvalue weighted by Gasteiger charge is 2.07. The number of nitrogens with two attached hydrogens (primary N) is 1. The zero-order valence-electron chi connectivity index (χ0n) is 6.50. The van der Waals surface area contributed by atoms with Crippen molar-refractivity contribution in [3.05, 3.63) is 29.3 Å². The largest absolute Gasteiger partial charge is 0.399 e. The van der Waals surface area contributed by atoms with E-state index in [4.69, 9.17) is 5.73 Å². The van der Waals surface area contributed by atoms with Crippen molar-refractivity contribution in [1.82, 2.24) is 0 Å². The van der Waals surface area contributed by atoms with E-state index in [1.165, 1.54) is 18.2 Å². The molecule has 1 aromatic carbocycles. The van der Waals surface area contributed by atoms with Crippen molar-refractivity contribution in [2.24, 2.45) is 0 Å². The van der Waals surface area contributed by atoms with Crippen LogP contribution in [-0.4, -0.2) is 5.97 Å². The number of nitrogen functional groups attached to an aromatic ring is 1. The lowest BCUT2D eigenvalue weighted by Gasteiger charge is -2.00. The lowest BCUT2D eigenvalue weighted by Crippen LogP contribution is -2.00.